The predicted molar refractivity (Wildman–Crippen MR) is 53.8 cm³/mol. The van der Waals surface area contributed by atoms with E-state index in [0.29, 0.717) is 24.0 Å². The number of halogens is 1. The zero-order valence-corrected chi connectivity index (χ0v) is 8.60. The van der Waals surface area contributed by atoms with Gasteiger partial charge in [-0.2, -0.15) is 0 Å². The number of rotatable bonds is 4. The monoisotopic (exact) mass is 200 g/mol. The molecule has 0 radical (unpaired) electrons. The van der Waals surface area contributed by atoms with E-state index >= 15 is 0 Å². The third kappa shape index (κ3) is 2.81. The minimum atomic E-state index is 0.591. The molecule has 0 heterocycles. The highest BCUT2D eigenvalue weighted by atomic mass is 35.5. The van der Waals surface area contributed by atoms with E-state index in [-0.39, 0.29) is 0 Å². The van der Waals surface area contributed by atoms with Crippen molar-refractivity contribution in [2.24, 2.45) is 0 Å². The van der Waals surface area contributed by atoms with Crippen molar-refractivity contribution < 1.29 is 9.47 Å². The van der Waals surface area contributed by atoms with E-state index in [4.69, 9.17) is 21.1 Å². The van der Waals surface area contributed by atoms with Gasteiger partial charge in [0, 0.05) is 6.07 Å². The minimum Gasteiger partial charge on any atom is -0.494 e. The smallest absolute Gasteiger partial charge is 0.138 e. The molecule has 13 heavy (non-hydrogen) atoms. The molecule has 0 aliphatic rings. The summed E-state index contributed by atoms with van der Waals surface area (Å²) in [4.78, 5) is 0. The van der Waals surface area contributed by atoms with Crippen LogP contribution in [0.4, 0.5) is 0 Å². The first-order chi connectivity index (χ1) is 6.27. The van der Waals surface area contributed by atoms with Crippen molar-refractivity contribution in [3.8, 4) is 11.5 Å². The van der Waals surface area contributed by atoms with E-state index < -0.39 is 0 Å². The fourth-order valence-corrected chi connectivity index (χ4v) is 1.24. The Morgan fingerprint density at radius 1 is 1.15 bits per heavy atom. The molecule has 0 bridgehead atoms. The molecular formula is C10H13ClO2. The van der Waals surface area contributed by atoms with Crippen LogP contribution in [-0.4, -0.2) is 13.2 Å². The largest absolute Gasteiger partial charge is 0.494 e. The van der Waals surface area contributed by atoms with Crippen LogP contribution in [0.25, 0.3) is 0 Å². The number of ether oxygens (including phenoxy) is 2. The van der Waals surface area contributed by atoms with Crippen LogP contribution in [0, 0.1) is 0 Å². The SMILES string of the molecule is CCOc1ccc(OCC)c(Cl)c1. The second-order valence-corrected chi connectivity index (χ2v) is 2.87. The molecule has 0 fully saturated rings. The summed E-state index contributed by atoms with van der Waals surface area (Å²) in [5.74, 6) is 1.48. The van der Waals surface area contributed by atoms with Gasteiger partial charge in [-0.3, -0.25) is 0 Å². The molecule has 0 unspecified atom stereocenters. The van der Waals surface area contributed by atoms with Crippen molar-refractivity contribution in [3.05, 3.63) is 23.2 Å². The summed E-state index contributed by atoms with van der Waals surface area (Å²) in [7, 11) is 0. The van der Waals surface area contributed by atoms with Crippen LogP contribution >= 0.6 is 11.6 Å². The third-order valence-corrected chi connectivity index (χ3v) is 1.81. The van der Waals surface area contributed by atoms with Crippen LogP contribution in [0.5, 0.6) is 11.5 Å². The molecule has 1 aromatic carbocycles. The molecule has 0 saturated heterocycles. The Morgan fingerprint density at radius 3 is 2.38 bits per heavy atom. The van der Waals surface area contributed by atoms with Gasteiger partial charge in [0.25, 0.3) is 0 Å². The molecule has 0 amide bonds. The molecule has 0 aliphatic carbocycles. The summed E-state index contributed by atoms with van der Waals surface area (Å²) in [5.41, 5.74) is 0. The van der Waals surface area contributed by atoms with E-state index in [1.807, 2.05) is 26.0 Å². The van der Waals surface area contributed by atoms with Gasteiger partial charge in [-0.25, -0.2) is 0 Å². The Hall–Kier alpha value is -0.890. The quantitative estimate of drug-likeness (QED) is 0.744. The van der Waals surface area contributed by atoms with Gasteiger partial charge in [-0.15, -0.1) is 0 Å². The maximum atomic E-state index is 5.94. The summed E-state index contributed by atoms with van der Waals surface area (Å²) in [6.07, 6.45) is 0. The first-order valence-corrected chi connectivity index (χ1v) is 4.70. The van der Waals surface area contributed by atoms with Crippen molar-refractivity contribution in [1.29, 1.82) is 0 Å². The average Bonchev–Trinajstić information content (AvgIpc) is 2.10. The van der Waals surface area contributed by atoms with Gasteiger partial charge >= 0.3 is 0 Å². The van der Waals surface area contributed by atoms with Gasteiger partial charge in [-0.05, 0) is 26.0 Å². The first-order valence-electron chi connectivity index (χ1n) is 4.33. The normalized spacial score (nSPS) is 9.77. The van der Waals surface area contributed by atoms with Crippen molar-refractivity contribution in [2.75, 3.05) is 13.2 Å². The zero-order valence-electron chi connectivity index (χ0n) is 7.84. The molecule has 2 nitrogen and oxygen atoms in total. The van der Waals surface area contributed by atoms with Gasteiger partial charge in [0.05, 0.1) is 18.2 Å². The molecule has 3 heteroatoms. The second kappa shape index (κ2) is 4.97. The summed E-state index contributed by atoms with van der Waals surface area (Å²) < 4.78 is 10.6. The molecule has 1 aromatic rings. The van der Waals surface area contributed by atoms with Crippen LogP contribution in [0.3, 0.4) is 0 Å². The van der Waals surface area contributed by atoms with Crippen LogP contribution in [-0.2, 0) is 0 Å². The van der Waals surface area contributed by atoms with Gasteiger partial charge < -0.3 is 9.47 Å². The van der Waals surface area contributed by atoms with Crippen molar-refractivity contribution in [1.82, 2.24) is 0 Å². The van der Waals surface area contributed by atoms with Crippen LogP contribution in [0.1, 0.15) is 13.8 Å². The fourth-order valence-electron chi connectivity index (χ4n) is 1.01. The Balaban J connectivity index is 2.79. The number of hydrogen-bond acceptors (Lipinski definition) is 2. The lowest BCUT2D eigenvalue weighted by molar-refractivity contribution is 0.331. The van der Waals surface area contributed by atoms with E-state index in [1.165, 1.54) is 0 Å². The topological polar surface area (TPSA) is 18.5 Å². The van der Waals surface area contributed by atoms with E-state index in [9.17, 15) is 0 Å². The standard InChI is InChI=1S/C10H13ClO2/c1-3-12-8-5-6-10(13-4-2)9(11)7-8/h5-7H,3-4H2,1-2H3. The molecule has 0 aromatic heterocycles. The van der Waals surface area contributed by atoms with E-state index in [0.717, 1.165) is 5.75 Å². The van der Waals surface area contributed by atoms with Gasteiger partial charge in [0.15, 0.2) is 0 Å². The minimum absolute atomic E-state index is 0.591. The molecule has 1 rings (SSSR count). The molecule has 72 valence electrons. The van der Waals surface area contributed by atoms with E-state index in [2.05, 4.69) is 0 Å². The lowest BCUT2D eigenvalue weighted by Crippen LogP contribution is -1.94. The molecule has 0 spiro atoms. The van der Waals surface area contributed by atoms with Crippen LogP contribution in [0.15, 0.2) is 18.2 Å². The zero-order chi connectivity index (χ0) is 9.68. The Labute approximate surface area is 83.4 Å². The third-order valence-electron chi connectivity index (χ3n) is 1.51. The lowest BCUT2D eigenvalue weighted by atomic mass is 10.3. The van der Waals surface area contributed by atoms with Crippen LogP contribution < -0.4 is 9.47 Å². The highest BCUT2D eigenvalue weighted by molar-refractivity contribution is 6.32. The maximum absolute atomic E-state index is 5.94. The van der Waals surface area contributed by atoms with Crippen molar-refractivity contribution in [2.45, 2.75) is 13.8 Å². The number of hydrogen-bond donors (Lipinski definition) is 0. The Bertz CT molecular complexity index is 274. The second-order valence-electron chi connectivity index (χ2n) is 2.46. The predicted octanol–water partition coefficient (Wildman–Crippen LogP) is 3.14. The molecule has 0 N–H and O–H groups in total. The molecule has 0 aliphatic heterocycles. The summed E-state index contributed by atoms with van der Waals surface area (Å²) in [5, 5.41) is 0.591. The summed E-state index contributed by atoms with van der Waals surface area (Å²) in [6, 6.07) is 5.42. The molecule has 0 saturated carbocycles. The number of benzene rings is 1. The van der Waals surface area contributed by atoms with Gasteiger partial charge in [0.2, 0.25) is 0 Å². The van der Waals surface area contributed by atoms with Crippen molar-refractivity contribution in [3.63, 3.8) is 0 Å². The molecular weight excluding hydrogens is 188 g/mol. The molecule has 0 atom stereocenters. The Kier molecular flexibility index (Phi) is 3.90. The van der Waals surface area contributed by atoms with Crippen molar-refractivity contribution >= 4 is 11.6 Å². The highest BCUT2D eigenvalue weighted by Gasteiger charge is 2.02. The van der Waals surface area contributed by atoms with Gasteiger partial charge in [-0.1, -0.05) is 11.6 Å². The lowest BCUT2D eigenvalue weighted by Gasteiger charge is -2.07. The average molecular weight is 201 g/mol. The van der Waals surface area contributed by atoms with Gasteiger partial charge in [0.1, 0.15) is 11.5 Å². The van der Waals surface area contributed by atoms with Crippen LogP contribution in [0.2, 0.25) is 5.02 Å². The first kappa shape index (κ1) is 10.2. The Morgan fingerprint density at radius 2 is 1.85 bits per heavy atom. The van der Waals surface area contributed by atoms with E-state index in [1.54, 1.807) is 6.07 Å². The highest BCUT2D eigenvalue weighted by Crippen LogP contribution is 2.28. The summed E-state index contributed by atoms with van der Waals surface area (Å²) >= 11 is 5.94. The maximum Gasteiger partial charge on any atom is 0.138 e. The summed E-state index contributed by atoms with van der Waals surface area (Å²) in [6.45, 7) is 5.12. The fraction of sp³-hybridized carbons (Fsp3) is 0.400.